The molecule has 3 nitrogen and oxygen atoms in total. The highest BCUT2D eigenvalue weighted by Crippen LogP contribution is 2.51. The number of anilines is 1. The first-order valence-electron chi connectivity index (χ1n) is 6.23. The predicted molar refractivity (Wildman–Crippen MR) is 75.3 cm³/mol. The van der Waals surface area contributed by atoms with Gasteiger partial charge in [-0.25, -0.2) is 4.39 Å². The molecule has 0 bridgehead atoms. The van der Waals surface area contributed by atoms with Gasteiger partial charge in [-0.1, -0.05) is 6.07 Å². The van der Waals surface area contributed by atoms with Gasteiger partial charge in [-0.3, -0.25) is 4.79 Å². The number of methoxy groups -OCH3 is 1. The number of carbonyl (C=O) groups excluding carboxylic acids is 1. The number of nitrogen functional groups attached to an aromatic ring is 1. The molecule has 1 aromatic carbocycles. The largest absolute Gasteiger partial charge is 0.469 e. The van der Waals surface area contributed by atoms with Crippen molar-refractivity contribution in [1.29, 1.82) is 0 Å². The SMILES string of the molecule is COC(=O)CC1(CSCc2ccc(F)cc2N)CC1. The van der Waals surface area contributed by atoms with E-state index in [-0.39, 0.29) is 17.2 Å². The molecule has 0 unspecified atom stereocenters. The van der Waals surface area contributed by atoms with E-state index in [9.17, 15) is 9.18 Å². The highest BCUT2D eigenvalue weighted by molar-refractivity contribution is 7.98. The molecule has 2 N–H and O–H groups in total. The molecule has 0 atom stereocenters. The summed E-state index contributed by atoms with van der Waals surface area (Å²) < 4.78 is 17.6. The summed E-state index contributed by atoms with van der Waals surface area (Å²) in [6, 6.07) is 4.49. The van der Waals surface area contributed by atoms with Crippen molar-refractivity contribution >= 4 is 23.4 Å². The second kappa shape index (κ2) is 5.82. The second-order valence-corrected chi connectivity index (χ2v) is 6.07. The monoisotopic (exact) mass is 283 g/mol. The summed E-state index contributed by atoms with van der Waals surface area (Å²) in [5.74, 6) is 1.21. The molecule has 0 aliphatic heterocycles. The van der Waals surface area contributed by atoms with E-state index in [2.05, 4.69) is 0 Å². The third-order valence-electron chi connectivity index (χ3n) is 3.48. The van der Waals surface area contributed by atoms with Gasteiger partial charge in [-0.05, 0) is 41.7 Å². The number of hydrogen-bond acceptors (Lipinski definition) is 4. The Morgan fingerprint density at radius 1 is 1.53 bits per heavy atom. The van der Waals surface area contributed by atoms with Gasteiger partial charge in [0.25, 0.3) is 0 Å². The summed E-state index contributed by atoms with van der Waals surface area (Å²) >= 11 is 1.74. The highest BCUT2D eigenvalue weighted by Gasteiger charge is 2.44. The molecule has 0 aromatic heterocycles. The normalized spacial score (nSPS) is 16.1. The van der Waals surface area contributed by atoms with Crippen LogP contribution in [0.25, 0.3) is 0 Å². The van der Waals surface area contributed by atoms with Crippen molar-refractivity contribution in [2.45, 2.75) is 25.0 Å². The molecule has 1 aliphatic carbocycles. The summed E-state index contributed by atoms with van der Waals surface area (Å²) in [6.07, 6.45) is 2.65. The smallest absolute Gasteiger partial charge is 0.306 e. The lowest BCUT2D eigenvalue weighted by atomic mass is 10.1. The van der Waals surface area contributed by atoms with Crippen molar-refractivity contribution in [2.75, 3.05) is 18.6 Å². The minimum atomic E-state index is -0.310. The molecular weight excluding hydrogens is 265 g/mol. The van der Waals surface area contributed by atoms with Crippen LogP contribution < -0.4 is 5.73 Å². The molecule has 0 spiro atoms. The van der Waals surface area contributed by atoms with Crippen molar-refractivity contribution in [2.24, 2.45) is 5.41 Å². The number of rotatable bonds is 6. The van der Waals surface area contributed by atoms with E-state index in [0.29, 0.717) is 12.1 Å². The van der Waals surface area contributed by atoms with Crippen LogP contribution in [0.5, 0.6) is 0 Å². The van der Waals surface area contributed by atoms with Crippen molar-refractivity contribution in [3.05, 3.63) is 29.6 Å². The van der Waals surface area contributed by atoms with Crippen LogP contribution in [0.3, 0.4) is 0 Å². The van der Waals surface area contributed by atoms with Crippen LogP contribution in [-0.4, -0.2) is 18.8 Å². The van der Waals surface area contributed by atoms with Crippen LogP contribution in [0, 0.1) is 11.2 Å². The maximum Gasteiger partial charge on any atom is 0.306 e. The number of ether oxygens (including phenoxy) is 1. The van der Waals surface area contributed by atoms with Crippen LogP contribution in [0.15, 0.2) is 18.2 Å². The second-order valence-electron chi connectivity index (χ2n) is 5.09. The molecular formula is C14H18FNO2S. The molecule has 1 saturated carbocycles. The molecule has 5 heteroatoms. The zero-order valence-electron chi connectivity index (χ0n) is 10.9. The fraction of sp³-hybridized carbons (Fsp3) is 0.500. The number of esters is 1. The lowest BCUT2D eigenvalue weighted by Gasteiger charge is -2.13. The van der Waals surface area contributed by atoms with E-state index in [1.54, 1.807) is 17.8 Å². The maximum absolute atomic E-state index is 12.9. The Hall–Kier alpha value is -1.23. The lowest BCUT2D eigenvalue weighted by Crippen LogP contribution is -2.13. The highest BCUT2D eigenvalue weighted by atomic mass is 32.2. The van der Waals surface area contributed by atoms with Gasteiger partial charge in [0.05, 0.1) is 13.5 Å². The number of nitrogens with two attached hydrogens (primary N) is 1. The summed E-state index contributed by atoms with van der Waals surface area (Å²) in [7, 11) is 1.42. The van der Waals surface area contributed by atoms with Crippen LogP contribution in [-0.2, 0) is 15.3 Å². The van der Waals surface area contributed by atoms with E-state index in [0.717, 1.165) is 29.9 Å². The molecule has 0 amide bonds. The van der Waals surface area contributed by atoms with E-state index >= 15 is 0 Å². The first kappa shape index (κ1) is 14.2. The van der Waals surface area contributed by atoms with Gasteiger partial charge in [-0.15, -0.1) is 0 Å². The number of thioether (sulfide) groups is 1. The zero-order valence-corrected chi connectivity index (χ0v) is 11.8. The van der Waals surface area contributed by atoms with Crippen LogP contribution in [0.4, 0.5) is 10.1 Å². The molecule has 104 valence electrons. The first-order chi connectivity index (χ1) is 9.04. The van der Waals surface area contributed by atoms with Gasteiger partial charge in [-0.2, -0.15) is 11.8 Å². The summed E-state index contributed by atoms with van der Waals surface area (Å²) in [4.78, 5) is 11.3. The number of hydrogen-bond donors (Lipinski definition) is 1. The van der Waals surface area contributed by atoms with Crippen molar-refractivity contribution in [3.63, 3.8) is 0 Å². The summed E-state index contributed by atoms with van der Waals surface area (Å²) in [6.45, 7) is 0. The molecule has 0 saturated heterocycles. The van der Waals surface area contributed by atoms with Gasteiger partial charge in [0.1, 0.15) is 5.82 Å². The van der Waals surface area contributed by atoms with Gasteiger partial charge in [0.15, 0.2) is 0 Å². The zero-order chi connectivity index (χ0) is 13.9. The van der Waals surface area contributed by atoms with Gasteiger partial charge in [0, 0.05) is 11.4 Å². The molecule has 19 heavy (non-hydrogen) atoms. The molecule has 2 rings (SSSR count). The Kier molecular flexibility index (Phi) is 4.34. The van der Waals surface area contributed by atoms with Crippen molar-refractivity contribution in [1.82, 2.24) is 0 Å². The average molecular weight is 283 g/mol. The summed E-state index contributed by atoms with van der Waals surface area (Å²) in [5.41, 5.74) is 7.31. The third kappa shape index (κ3) is 3.86. The lowest BCUT2D eigenvalue weighted by molar-refractivity contribution is -0.141. The van der Waals surface area contributed by atoms with Crippen LogP contribution in [0.2, 0.25) is 0 Å². The van der Waals surface area contributed by atoms with Gasteiger partial charge < -0.3 is 10.5 Å². The van der Waals surface area contributed by atoms with E-state index in [1.165, 1.54) is 19.2 Å². The van der Waals surface area contributed by atoms with Crippen LogP contribution >= 0.6 is 11.8 Å². The van der Waals surface area contributed by atoms with Gasteiger partial charge >= 0.3 is 5.97 Å². The van der Waals surface area contributed by atoms with E-state index < -0.39 is 0 Å². The number of carbonyl (C=O) groups is 1. The predicted octanol–water partition coefficient (Wildman–Crippen LogP) is 2.98. The van der Waals surface area contributed by atoms with Crippen molar-refractivity contribution in [3.8, 4) is 0 Å². The van der Waals surface area contributed by atoms with E-state index in [4.69, 9.17) is 10.5 Å². The molecule has 1 aromatic rings. The standard InChI is InChI=1S/C14H18FNO2S/c1-18-13(17)7-14(4-5-14)9-19-8-10-2-3-11(15)6-12(10)16/h2-3,6H,4-5,7-9,16H2,1H3. The fourth-order valence-corrected chi connectivity index (χ4v) is 3.41. The van der Waals surface area contributed by atoms with E-state index in [1.807, 2.05) is 0 Å². The molecule has 0 radical (unpaired) electrons. The Labute approximate surface area is 116 Å². The number of halogens is 1. The Morgan fingerprint density at radius 3 is 2.84 bits per heavy atom. The maximum atomic E-state index is 12.9. The minimum absolute atomic E-state index is 0.118. The summed E-state index contributed by atoms with van der Waals surface area (Å²) in [5, 5.41) is 0. The Bertz CT molecular complexity index is 475. The Morgan fingerprint density at radius 2 is 2.26 bits per heavy atom. The molecule has 0 heterocycles. The topological polar surface area (TPSA) is 52.3 Å². The minimum Gasteiger partial charge on any atom is -0.469 e. The van der Waals surface area contributed by atoms with Crippen molar-refractivity contribution < 1.29 is 13.9 Å². The first-order valence-corrected chi connectivity index (χ1v) is 7.39. The molecule has 1 aliphatic rings. The fourth-order valence-electron chi connectivity index (χ4n) is 2.00. The average Bonchev–Trinajstić information content (AvgIpc) is 3.12. The number of benzene rings is 1. The Balaban J connectivity index is 1.82. The van der Waals surface area contributed by atoms with Gasteiger partial charge in [0.2, 0.25) is 0 Å². The third-order valence-corrected chi connectivity index (χ3v) is 4.81. The quantitative estimate of drug-likeness (QED) is 0.644. The molecule has 1 fully saturated rings. The van der Waals surface area contributed by atoms with Crippen LogP contribution in [0.1, 0.15) is 24.8 Å².